The van der Waals surface area contributed by atoms with Crippen LogP contribution in [0.1, 0.15) is 30.0 Å². The maximum atomic E-state index is 11.7. The molecule has 0 aromatic carbocycles. The van der Waals surface area contributed by atoms with Crippen molar-refractivity contribution in [3.63, 3.8) is 0 Å². The maximum Gasteiger partial charge on any atom is 0.287 e. The molecular formula is C11H16N2O3. The van der Waals surface area contributed by atoms with Gasteiger partial charge in [0.25, 0.3) is 5.91 Å². The third-order valence-electron chi connectivity index (χ3n) is 2.21. The van der Waals surface area contributed by atoms with Gasteiger partial charge in [0.05, 0.1) is 6.26 Å². The summed E-state index contributed by atoms with van der Waals surface area (Å²) < 4.78 is 5.02. The lowest BCUT2D eigenvalue weighted by Crippen LogP contribution is -2.47. The smallest absolute Gasteiger partial charge is 0.287 e. The molecule has 1 heterocycles. The number of carbonyl (C=O) groups is 2. The standard InChI is InChI=1S/C11H16N2O3/c1-6(2)9(10(12)14)13-11(15)8-4-7(3)5-16-8/h4-6,9H,1-3H3,(H2,12,14)(H,13,15)/t9-/m1/s1. The minimum absolute atomic E-state index is 0.0579. The van der Waals surface area contributed by atoms with E-state index in [1.165, 1.54) is 6.26 Å². The van der Waals surface area contributed by atoms with Crippen LogP contribution in [-0.2, 0) is 4.79 Å². The number of nitrogens with one attached hydrogen (secondary N) is 1. The van der Waals surface area contributed by atoms with Crippen LogP contribution >= 0.6 is 0 Å². The molecule has 0 saturated heterocycles. The van der Waals surface area contributed by atoms with Crippen molar-refractivity contribution in [3.05, 3.63) is 23.7 Å². The van der Waals surface area contributed by atoms with Gasteiger partial charge in [-0.2, -0.15) is 0 Å². The number of carbonyl (C=O) groups excluding carboxylic acids is 2. The molecule has 16 heavy (non-hydrogen) atoms. The molecule has 2 amide bonds. The van der Waals surface area contributed by atoms with Crippen LogP contribution < -0.4 is 11.1 Å². The number of nitrogens with two attached hydrogens (primary N) is 1. The highest BCUT2D eigenvalue weighted by molar-refractivity contribution is 5.95. The Hall–Kier alpha value is -1.78. The maximum absolute atomic E-state index is 11.7. The molecule has 1 rings (SSSR count). The van der Waals surface area contributed by atoms with Gasteiger partial charge in [-0.15, -0.1) is 0 Å². The second-order valence-electron chi connectivity index (χ2n) is 4.09. The first-order valence-corrected chi connectivity index (χ1v) is 5.07. The zero-order valence-electron chi connectivity index (χ0n) is 9.61. The summed E-state index contributed by atoms with van der Waals surface area (Å²) in [6.07, 6.45) is 1.48. The van der Waals surface area contributed by atoms with Gasteiger partial charge in [-0.05, 0) is 24.5 Å². The Kier molecular flexibility index (Phi) is 3.71. The van der Waals surface area contributed by atoms with Crippen molar-refractivity contribution in [3.8, 4) is 0 Å². The fourth-order valence-corrected chi connectivity index (χ4v) is 1.33. The molecule has 88 valence electrons. The first kappa shape index (κ1) is 12.3. The Morgan fingerprint density at radius 3 is 2.44 bits per heavy atom. The van der Waals surface area contributed by atoms with Crippen LogP contribution in [0.25, 0.3) is 0 Å². The van der Waals surface area contributed by atoms with E-state index in [-0.39, 0.29) is 11.7 Å². The number of primary amides is 1. The van der Waals surface area contributed by atoms with E-state index in [4.69, 9.17) is 10.2 Å². The van der Waals surface area contributed by atoms with Crippen LogP contribution in [0.2, 0.25) is 0 Å². The topological polar surface area (TPSA) is 85.3 Å². The average molecular weight is 224 g/mol. The summed E-state index contributed by atoms with van der Waals surface area (Å²) in [5, 5.41) is 2.54. The van der Waals surface area contributed by atoms with Gasteiger partial charge in [-0.25, -0.2) is 0 Å². The van der Waals surface area contributed by atoms with Crippen LogP contribution in [0.4, 0.5) is 0 Å². The second-order valence-corrected chi connectivity index (χ2v) is 4.09. The van der Waals surface area contributed by atoms with Crippen LogP contribution in [0, 0.1) is 12.8 Å². The molecular weight excluding hydrogens is 208 g/mol. The highest BCUT2D eigenvalue weighted by Crippen LogP contribution is 2.08. The predicted octanol–water partition coefficient (Wildman–Crippen LogP) is 0.828. The quantitative estimate of drug-likeness (QED) is 0.794. The number of furan rings is 1. The Labute approximate surface area is 94.0 Å². The van der Waals surface area contributed by atoms with E-state index in [1.807, 2.05) is 20.8 Å². The Bertz CT molecular complexity index is 396. The number of aryl methyl sites for hydroxylation is 1. The van der Waals surface area contributed by atoms with E-state index in [1.54, 1.807) is 6.07 Å². The van der Waals surface area contributed by atoms with Crippen LogP contribution in [0.15, 0.2) is 16.7 Å². The Morgan fingerprint density at radius 2 is 2.06 bits per heavy atom. The van der Waals surface area contributed by atoms with Gasteiger partial charge in [0.15, 0.2) is 5.76 Å². The molecule has 5 nitrogen and oxygen atoms in total. The summed E-state index contributed by atoms with van der Waals surface area (Å²) >= 11 is 0. The van der Waals surface area contributed by atoms with Crippen molar-refractivity contribution in [1.82, 2.24) is 5.32 Å². The molecule has 0 spiro atoms. The molecule has 5 heteroatoms. The van der Waals surface area contributed by atoms with Gasteiger partial charge in [0.2, 0.25) is 5.91 Å². The zero-order chi connectivity index (χ0) is 12.3. The third-order valence-corrected chi connectivity index (χ3v) is 2.21. The monoisotopic (exact) mass is 224 g/mol. The Balaban J connectivity index is 2.73. The molecule has 1 atom stereocenters. The SMILES string of the molecule is Cc1coc(C(=O)N[C@@H](C(N)=O)C(C)C)c1. The normalized spacial score (nSPS) is 12.5. The summed E-state index contributed by atoms with van der Waals surface area (Å²) in [5.74, 6) is -0.848. The molecule has 0 radical (unpaired) electrons. The van der Waals surface area contributed by atoms with Gasteiger partial charge < -0.3 is 15.5 Å². The molecule has 0 aliphatic heterocycles. The predicted molar refractivity (Wildman–Crippen MR) is 58.7 cm³/mol. The van der Waals surface area contributed by atoms with Crippen LogP contribution in [0.3, 0.4) is 0 Å². The number of amides is 2. The molecule has 0 aliphatic rings. The fourth-order valence-electron chi connectivity index (χ4n) is 1.33. The summed E-state index contributed by atoms with van der Waals surface area (Å²) in [4.78, 5) is 22.8. The minimum atomic E-state index is -0.682. The van der Waals surface area contributed by atoms with Crippen molar-refractivity contribution < 1.29 is 14.0 Å². The summed E-state index contributed by atoms with van der Waals surface area (Å²) in [7, 11) is 0. The summed E-state index contributed by atoms with van der Waals surface area (Å²) in [6, 6.07) is 0.922. The van der Waals surface area contributed by atoms with Crippen molar-refractivity contribution in [2.75, 3.05) is 0 Å². The van der Waals surface area contributed by atoms with Gasteiger partial charge in [0.1, 0.15) is 6.04 Å². The molecule has 0 fully saturated rings. The van der Waals surface area contributed by atoms with E-state index in [0.717, 1.165) is 5.56 Å². The minimum Gasteiger partial charge on any atom is -0.459 e. The van der Waals surface area contributed by atoms with E-state index in [2.05, 4.69) is 5.32 Å². The summed E-state index contributed by atoms with van der Waals surface area (Å²) in [6.45, 7) is 5.43. The highest BCUT2D eigenvalue weighted by atomic mass is 16.3. The zero-order valence-corrected chi connectivity index (χ0v) is 9.61. The molecule has 1 aromatic rings. The van der Waals surface area contributed by atoms with Crippen LogP contribution in [-0.4, -0.2) is 17.9 Å². The lowest BCUT2D eigenvalue weighted by Gasteiger charge is -2.17. The van der Waals surface area contributed by atoms with Gasteiger partial charge in [-0.1, -0.05) is 13.8 Å². The third kappa shape index (κ3) is 2.85. The highest BCUT2D eigenvalue weighted by Gasteiger charge is 2.23. The molecule has 0 unspecified atom stereocenters. The lowest BCUT2D eigenvalue weighted by molar-refractivity contribution is -0.120. The van der Waals surface area contributed by atoms with Gasteiger partial charge in [0, 0.05) is 0 Å². The molecule has 0 bridgehead atoms. The van der Waals surface area contributed by atoms with Crippen molar-refractivity contribution in [2.24, 2.45) is 11.7 Å². The van der Waals surface area contributed by atoms with Gasteiger partial charge in [-0.3, -0.25) is 9.59 Å². The van der Waals surface area contributed by atoms with Crippen molar-refractivity contribution >= 4 is 11.8 Å². The molecule has 3 N–H and O–H groups in total. The first-order chi connectivity index (χ1) is 7.41. The Morgan fingerprint density at radius 1 is 1.44 bits per heavy atom. The lowest BCUT2D eigenvalue weighted by atomic mass is 10.0. The largest absolute Gasteiger partial charge is 0.459 e. The number of hydrogen-bond acceptors (Lipinski definition) is 3. The van der Waals surface area contributed by atoms with E-state index >= 15 is 0 Å². The second kappa shape index (κ2) is 4.83. The first-order valence-electron chi connectivity index (χ1n) is 5.07. The van der Waals surface area contributed by atoms with Crippen molar-refractivity contribution in [1.29, 1.82) is 0 Å². The number of rotatable bonds is 4. The molecule has 0 aliphatic carbocycles. The van der Waals surface area contributed by atoms with E-state index in [0.29, 0.717) is 0 Å². The molecule has 0 saturated carbocycles. The van der Waals surface area contributed by atoms with E-state index in [9.17, 15) is 9.59 Å². The summed E-state index contributed by atoms with van der Waals surface area (Å²) in [5.41, 5.74) is 6.04. The average Bonchev–Trinajstić information content (AvgIpc) is 2.59. The molecule has 1 aromatic heterocycles. The van der Waals surface area contributed by atoms with Crippen LogP contribution in [0.5, 0.6) is 0 Å². The van der Waals surface area contributed by atoms with E-state index < -0.39 is 17.9 Å². The van der Waals surface area contributed by atoms with Gasteiger partial charge >= 0.3 is 0 Å². The van der Waals surface area contributed by atoms with Crippen molar-refractivity contribution in [2.45, 2.75) is 26.8 Å². The fraction of sp³-hybridized carbons (Fsp3) is 0.455. The number of hydrogen-bond donors (Lipinski definition) is 2.